The number of ether oxygens (including phenoxy) is 2. The lowest BCUT2D eigenvalue weighted by Gasteiger charge is -2.20. The van der Waals surface area contributed by atoms with E-state index in [1.54, 1.807) is 18.2 Å². The molecule has 0 bridgehead atoms. The molecule has 0 radical (unpaired) electrons. The second-order valence-corrected chi connectivity index (χ2v) is 8.54. The van der Waals surface area contributed by atoms with Crippen molar-refractivity contribution in [3.8, 4) is 11.5 Å². The summed E-state index contributed by atoms with van der Waals surface area (Å²) in [5, 5.41) is 10.2. The van der Waals surface area contributed by atoms with E-state index in [1.807, 2.05) is 0 Å². The Morgan fingerprint density at radius 3 is 2.65 bits per heavy atom. The average molecular weight is 376 g/mol. The molecule has 0 spiro atoms. The molecule has 1 atom stereocenters. The fourth-order valence-electron chi connectivity index (χ4n) is 2.09. The summed E-state index contributed by atoms with van der Waals surface area (Å²) in [6.07, 6.45) is -1.00. The van der Waals surface area contributed by atoms with Gasteiger partial charge in [0.05, 0.1) is 10.4 Å². The third-order valence-corrected chi connectivity index (χ3v) is 6.38. The third kappa shape index (κ3) is 3.78. The molecule has 23 heavy (non-hydrogen) atoms. The Bertz CT molecular complexity index is 805. The molecule has 2 N–H and O–H groups in total. The fourth-order valence-corrected chi connectivity index (χ4v) is 4.65. The van der Waals surface area contributed by atoms with Crippen molar-refractivity contribution in [2.24, 2.45) is 0 Å². The summed E-state index contributed by atoms with van der Waals surface area (Å²) in [4.78, 5) is 0. The summed E-state index contributed by atoms with van der Waals surface area (Å²) >= 11 is 6.70. The number of benzene rings is 1. The molecule has 9 heteroatoms. The largest absolute Gasteiger partial charge is 0.486 e. The summed E-state index contributed by atoms with van der Waals surface area (Å²) in [6, 6.07) is 7.95. The first-order valence-electron chi connectivity index (χ1n) is 6.78. The van der Waals surface area contributed by atoms with Crippen LogP contribution in [0.2, 0.25) is 4.34 Å². The van der Waals surface area contributed by atoms with Gasteiger partial charge in [0.15, 0.2) is 11.5 Å². The molecular formula is C14H14ClNO5S2. The number of aliphatic hydroxyl groups excluding tert-OH is 1. The van der Waals surface area contributed by atoms with Crippen molar-refractivity contribution in [2.45, 2.75) is 10.3 Å². The molecule has 2 aromatic rings. The maximum atomic E-state index is 12.1. The van der Waals surface area contributed by atoms with E-state index in [0.29, 0.717) is 34.6 Å². The van der Waals surface area contributed by atoms with Gasteiger partial charge in [0.1, 0.15) is 17.4 Å². The Morgan fingerprint density at radius 1 is 1.22 bits per heavy atom. The van der Waals surface area contributed by atoms with Crippen LogP contribution in [0.5, 0.6) is 11.5 Å². The lowest BCUT2D eigenvalue weighted by Crippen LogP contribution is -2.28. The van der Waals surface area contributed by atoms with Crippen LogP contribution < -0.4 is 14.2 Å². The lowest BCUT2D eigenvalue weighted by atomic mass is 10.1. The highest BCUT2D eigenvalue weighted by Gasteiger charge is 2.20. The summed E-state index contributed by atoms with van der Waals surface area (Å²) in [5.41, 5.74) is 0.543. The van der Waals surface area contributed by atoms with Gasteiger partial charge in [0.25, 0.3) is 0 Å². The van der Waals surface area contributed by atoms with E-state index in [9.17, 15) is 13.5 Å². The SMILES string of the molecule is O=S(=O)(NC[C@H](O)c1ccc2c(c1)OCCO2)c1ccc(Cl)s1. The number of sulfonamides is 1. The Kier molecular flexibility index (Phi) is 4.79. The van der Waals surface area contributed by atoms with Crippen LogP contribution in [0.1, 0.15) is 11.7 Å². The lowest BCUT2D eigenvalue weighted by molar-refractivity contribution is 0.165. The average Bonchev–Trinajstić information content (AvgIpc) is 2.99. The Balaban J connectivity index is 1.68. The number of nitrogens with one attached hydrogen (secondary N) is 1. The van der Waals surface area contributed by atoms with Crippen molar-refractivity contribution >= 4 is 33.0 Å². The highest BCUT2D eigenvalue weighted by Crippen LogP contribution is 2.32. The number of halogens is 1. The number of fused-ring (bicyclic) bond motifs is 1. The summed E-state index contributed by atoms with van der Waals surface area (Å²) in [7, 11) is -3.69. The molecule has 0 saturated heterocycles. The van der Waals surface area contributed by atoms with Gasteiger partial charge in [-0.3, -0.25) is 0 Å². The minimum Gasteiger partial charge on any atom is -0.486 e. The normalized spacial score (nSPS) is 15.4. The van der Waals surface area contributed by atoms with Gasteiger partial charge in [-0.1, -0.05) is 17.7 Å². The standard InChI is InChI=1S/C14H14ClNO5S2/c15-13-3-4-14(22-13)23(18,19)16-8-10(17)9-1-2-11-12(7-9)21-6-5-20-11/h1-4,7,10,16-17H,5-6,8H2/t10-/m0/s1. The number of hydrogen-bond donors (Lipinski definition) is 2. The zero-order chi connectivity index (χ0) is 16.4. The molecule has 6 nitrogen and oxygen atoms in total. The zero-order valence-electron chi connectivity index (χ0n) is 11.9. The molecule has 0 fully saturated rings. The van der Waals surface area contributed by atoms with Gasteiger partial charge < -0.3 is 14.6 Å². The molecule has 0 saturated carbocycles. The van der Waals surface area contributed by atoms with E-state index in [0.717, 1.165) is 11.3 Å². The molecule has 124 valence electrons. The predicted molar refractivity (Wildman–Crippen MR) is 86.9 cm³/mol. The number of rotatable bonds is 5. The van der Waals surface area contributed by atoms with Crippen LogP contribution in [0.25, 0.3) is 0 Å². The monoisotopic (exact) mass is 375 g/mol. The fraction of sp³-hybridized carbons (Fsp3) is 0.286. The number of aliphatic hydroxyl groups is 1. The molecule has 1 aromatic heterocycles. The molecule has 0 amide bonds. The maximum absolute atomic E-state index is 12.1. The summed E-state index contributed by atoms with van der Waals surface area (Å²) in [5.74, 6) is 1.15. The Labute approximate surface area is 142 Å². The summed E-state index contributed by atoms with van der Waals surface area (Å²) in [6.45, 7) is 0.772. The van der Waals surface area contributed by atoms with Crippen LogP contribution in [-0.4, -0.2) is 33.3 Å². The van der Waals surface area contributed by atoms with E-state index in [4.69, 9.17) is 21.1 Å². The van der Waals surface area contributed by atoms with Crippen LogP contribution in [0.15, 0.2) is 34.5 Å². The minimum absolute atomic E-state index is 0.108. The van der Waals surface area contributed by atoms with E-state index in [1.165, 1.54) is 12.1 Å². The number of thiophene rings is 1. The molecule has 0 aliphatic carbocycles. The molecule has 1 aromatic carbocycles. The van der Waals surface area contributed by atoms with Crippen molar-refractivity contribution < 1.29 is 23.0 Å². The van der Waals surface area contributed by atoms with Crippen LogP contribution in [-0.2, 0) is 10.0 Å². The molecular weight excluding hydrogens is 362 g/mol. The van der Waals surface area contributed by atoms with Crippen molar-refractivity contribution in [3.05, 3.63) is 40.2 Å². The maximum Gasteiger partial charge on any atom is 0.250 e. The molecule has 2 heterocycles. The zero-order valence-corrected chi connectivity index (χ0v) is 14.2. The Morgan fingerprint density at radius 2 is 1.96 bits per heavy atom. The van der Waals surface area contributed by atoms with Crippen molar-refractivity contribution in [2.75, 3.05) is 19.8 Å². The molecule has 1 aliphatic heterocycles. The van der Waals surface area contributed by atoms with Gasteiger partial charge in [0, 0.05) is 6.54 Å². The van der Waals surface area contributed by atoms with Gasteiger partial charge in [-0.2, -0.15) is 0 Å². The van der Waals surface area contributed by atoms with Gasteiger partial charge >= 0.3 is 0 Å². The van der Waals surface area contributed by atoms with E-state index >= 15 is 0 Å². The third-order valence-electron chi connectivity index (χ3n) is 3.23. The first-order chi connectivity index (χ1) is 11.0. The first kappa shape index (κ1) is 16.5. The topological polar surface area (TPSA) is 84.9 Å². The summed E-state index contributed by atoms with van der Waals surface area (Å²) < 4.78 is 37.9. The first-order valence-corrected chi connectivity index (χ1v) is 9.46. The Hall–Kier alpha value is -1.32. The van der Waals surface area contributed by atoms with E-state index in [2.05, 4.69) is 4.72 Å². The van der Waals surface area contributed by atoms with Crippen LogP contribution in [0, 0.1) is 0 Å². The predicted octanol–water partition coefficient (Wildman–Crippen LogP) is 2.18. The van der Waals surface area contributed by atoms with Crippen LogP contribution >= 0.6 is 22.9 Å². The highest BCUT2D eigenvalue weighted by atomic mass is 35.5. The second-order valence-electron chi connectivity index (χ2n) is 4.83. The van der Waals surface area contributed by atoms with Gasteiger partial charge in [-0.15, -0.1) is 11.3 Å². The van der Waals surface area contributed by atoms with Crippen molar-refractivity contribution in [3.63, 3.8) is 0 Å². The van der Waals surface area contributed by atoms with Crippen LogP contribution in [0.3, 0.4) is 0 Å². The smallest absolute Gasteiger partial charge is 0.250 e. The minimum atomic E-state index is -3.69. The van der Waals surface area contributed by atoms with Gasteiger partial charge in [0.2, 0.25) is 10.0 Å². The van der Waals surface area contributed by atoms with Gasteiger partial charge in [-0.25, -0.2) is 13.1 Å². The number of hydrogen-bond acceptors (Lipinski definition) is 6. The van der Waals surface area contributed by atoms with Gasteiger partial charge in [-0.05, 0) is 29.8 Å². The highest BCUT2D eigenvalue weighted by molar-refractivity contribution is 7.91. The van der Waals surface area contributed by atoms with E-state index < -0.39 is 16.1 Å². The molecule has 1 aliphatic rings. The van der Waals surface area contributed by atoms with Crippen molar-refractivity contribution in [1.29, 1.82) is 0 Å². The molecule has 0 unspecified atom stereocenters. The van der Waals surface area contributed by atoms with Crippen LogP contribution in [0.4, 0.5) is 0 Å². The quantitative estimate of drug-likeness (QED) is 0.836. The van der Waals surface area contributed by atoms with E-state index in [-0.39, 0.29) is 10.8 Å². The van der Waals surface area contributed by atoms with Crippen molar-refractivity contribution in [1.82, 2.24) is 4.72 Å². The second kappa shape index (κ2) is 6.66. The molecule has 3 rings (SSSR count).